The van der Waals surface area contributed by atoms with Crippen molar-refractivity contribution < 1.29 is 0 Å². The third-order valence-electron chi connectivity index (χ3n) is 1.17. The third kappa shape index (κ3) is 1.41. The summed E-state index contributed by atoms with van der Waals surface area (Å²) < 4.78 is 0. The number of anilines is 1. The molecule has 0 radical (unpaired) electrons. The number of nitrogens with one attached hydrogen (secondary N) is 1. The van der Waals surface area contributed by atoms with E-state index in [9.17, 15) is 0 Å². The summed E-state index contributed by atoms with van der Waals surface area (Å²) in [5.41, 5.74) is 6.12. The van der Waals surface area contributed by atoms with Gasteiger partial charge in [0, 0.05) is 13.6 Å². The van der Waals surface area contributed by atoms with Gasteiger partial charge in [-0.15, -0.1) is 0 Å². The Morgan fingerprint density at radius 3 is 2.70 bits per heavy atom. The summed E-state index contributed by atoms with van der Waals surface area (Å²) in [6.07, 6.45) is 3.31. The smallest absolute Gasteiger partial charge is 0.144 e. The van der Waals surface area contributed by atoms with Crippen LogP contribution in [0.2, 0.25) is 0 Å². The highest BCUT2D eigenvalue weighted by Gasteiger charge is 1.90. The maximum atomic E-state index is 5.32. The summed E-state index contributed by atoms with van der Waals surface area (Å²) in [5.74, 6) is 0.761. The number of hydrogen-bond acceptors (Lipinski definition) is 4. The molecule has 1 rings (SSSR count). The van der Waals surface area contributed by atoms with Gasteiger partial charge in [-0.1, -0.05) is 0 Å². The molecule has 0 amide bonds. The number of nitrogens with two attached hydrogens (primary N) is 1. The summed E-state index contributed by atoms with van der Waals surface area (Å²) >= 11 is 0. The first kappa shape index (κ1) is 6.95. The molecule has 0 spiro atoms. The molecule has 0 aliphatic rings. The molecule has 0 bridgehead atoms. The van der Waals surface area contributed by atoms with E-state index < -0.39 is 0 Å². The quantitative estimate of drug-likeness (QED) is 0.602. The highest BCUT2D eigenvalue weighted by molar-refractivity contribution is 5.29. The predicted molar refractivity (Wildman–Crippen MR) is 39.5 cm³/mol. The lowest BCUT2D eigenvalue weighted by atomic mass is 10.4. The van der Waals surface area contributed by atoms with Crippen LogP contribution in [0.3, 0.4) is 0 Å². The summed E-state index contributed by atoms with van der Waals surface area (Å²) in [7, 11) is 1.80. The van der Waals surface area contributed by atoms with E-state index >= 15 is 0 Å². The van der Waals surface area contributed by atoms with Crippen molar-refractivity contribution in [1.82, 2.24) is 9.97 Å². The lowest BCUT2D eigenvalue weighted by Crippen LogP contribution is -2.01. The molecule has 1 aromatic rings. The lowest BCUT2D eigenvalue weighted by Gasteiger charge is -1.97. The van der Waals surface area contributed by atoms with Gasteiger partial charge in [0.1, 0.15) is 5.82 Å². The molecule has 0 saturated carbocycles. The molecule has 0 aliphatic heterocycles. The molecule has 0 aromatic carbocycles. The fourth-order valence-electron chi connectivity index (χ4n) is 0.589. The second kappa shape index (κ2) is 3.12. The van der Waals surface area contributed by atoms with Crippen molar-refractivity contribution in [3.63, 3.8) is 0 Å². The van der Waals surface area contributed by atoms with Gasteiger partial charge in [0.15, 0.2) is 0 Å². The molecule has 4 nitrogen and oxygen atoms in total. The molecule has 54 valence electrons. The molecule has 0 fully saturated rings. The topological polar surface area (TPSA) is 63.8 Å². The molecular weight excluding hydrogens is 128 g/mol. The van der Waals surface area contributed by atoms with Crippen LogP contribution >= 0.6 is 0 Å². The lowest BCUT2D eigenvalue weighted by molar-refractivity contribution is 0.964. The van der Waals surface area contributed by atoms with Crippen molar-refractivity contribution >= 4 is 5.82 Å². The highest BCUT2D eigenvalue weighted by atomic mass is 15.0. The molecule has 4 heteroatoms. The maximum Gasteiger partial charge on any atom is 0.144 e. The number of rotatable bonds is 2. The highest BCUT2D eigenvalue weighted by Crippen LogP contribution is 1.97. The monoisotopic (exact) mass is 138 g/mol. The Morgan fingerprint density at radius 1 is 1.50 bits per heavy atom. The van der Waals surface area contributed by atoms with E-state index in [1.807, 2.05) is 0 Å². The maximum absolute atomic E-state index is 5.32. The number of nitrogens with zero attached hydrogens (tertiary/aromatic N) is 2. The van der Waals surface area contributed by atoms with Gasteiger partial charge >= 0.3 is 0 Å². The van der Waals surface area contributed by atoms with Gasteiger partial charge in [-0.2, -0.15) is 0 Å². The third-order valence-corrected chi connectivity index (χ3v) is 1.17. The van der Waals surface area contributed by atoms with Gasteiger partial charge < -0.3 is 11.1 Å². The molecule has 0 saturated heterocycles. The number of aromatic nitrogens is 2. The van der Waals surface area contributed by atoms with E-state index in [0.717, 1.165) is 11.5 Å². The SMILES string of the molecule is CNc1cnc(CN)cn1. The zero-order valence-electron chi connectivity index (χ0n) is 5.83. The van der Waals surface area contributed by atoms with Crippen LogP contribution in [0, 0.1) is 0 Å². The summed E-state index contributed by atoms with van der Waals surface area (Å²) in [4.78, 5) is 8.03. The van der Waals surface area contributed by atoms with Crippen LogP contribution in [-0.2, 0) is 6.54 Å². The van der Waals surface area contributed by atoms with Gasteiger partial charge in [-0.25, -0.2) is 4.98 Å². The van der Waals surface area contributed by atoms with Gasteiger partial charge in [-0.05, 0) is 0 Å². The first-order chi connectivity index (χ1) is 4.86. The Morgan fingerprint density at radius 2 is 2.30 bits per heavy atom. The normalized spacial score (nSPS) is 9.40. The van der Waals surface area contributed by atoms with Crippen molar-refractivity contribution in [1.29, 1.82) is 0 Å². The average Bonchev–Trinajstić information content (AvgIpc) is 2.05. The zero-order chi connectivity index (χ0) is 7.40. The molecule has 0 aliphatic carbocycles. The van der Waals surface area contributed by atoms with Crippen LogP contribution in [0.25, 0.3) is 0 Å². The minimum Gasteiger partial charge on any atom is -0.372 e. The largest absolute Gasteiger partial charge is 0.372 e. The number of hydrogen-bond donors (Lipinski definition) is 2. The molecule has 10 heavy (non-hydrogen) atoms. The van der Waals surface area contributed by atoms with Crippen molar-refractivity contribution in [2.75, 3.05) is 12.4 Å². The van der Waals surface area contributed by atoms with E-state index in [4.69, 9.17) is 5.73 Å². The fourth-order valence-corrected chi connectivity index (χ4v) is 0.589. The molecule has 0 atom stereocenters. The Kier molecular flexibility index (Phi) is 2.17. The Hall–Kier alpha value is -1.16. The van der Waals surface area contributed by atoms with Gasteiger partial charge in [0.25, 0.3) is 0 Å². The van der Waals surface area contributed by atoms with Crippen LogP contribution in [0.1, 0.15) is 5.69 Å². The Bertz CT molecular complexity index is 170. The van der Waals surface area contributed by atoms with Crippen LogP contribution in [-0.4, -0.2) is 17.0 Å². The van der Waals surface area contributed by atoms with Gasteiger partial charge in [0.2, 0.25) is 0 Å². The second-order valence-electron chi connectivity index (χ2n) is 1.85. The van der Waals surface area contributed by atoms with Gasteiger partial charge in [0.05, 0.1) is 18.1 Å². The fraction of sp³-hybridized carbons (Fsp3) is 0.333. The first-order valence-electron chi connectivity index (χ1n) is 3.05. The van der Waals surface area contributed by atoms with Crippen LogP contribution in [0.15, 0.2) is 12.4 Å². The zero-order valence-corrected chi connectivity index (χ0v) is 5.83. The van der Waals surface area contributed by atoms with Crippen molar-refractivity contribution in [2.45, 2.75) is 6.54 Å². The summed E-state index contributed by atoms with van der Waals surface area (Å²) in [6, 6.07) is 0. The van der Waals surface area contributed by atoms with E-state index in [0.29, 0.717) is 6.54 Å². The van der Waals surface area contributed by atoms with E-state index in [-0.39, 0.29) is 0 Å². The minimum absolute atomic E-state index is 0.441. The van der Waals surface area contributed by atoms with Crippen molar-refractivity contribution in [3.8, 4) is 0 Å². The standard InChI is InChI=1S/C6H10N4/c1-8-6-4-9-5(2-7)3-10-6/h3-4H,2,7H2,1H3,(H,8,10). The van der Waals surface area contributed by atoms with Crippen LogP contribution in [0.4, 0.5) is 5.82 Å². The van der Waals surface area contributed by atoms with Crippen LogP contribution < -0.4 is 11.1 Å². The second-order valence-corrected chi connectivity index (χ2v) is 1.85. The predicted octanol–water partition coefficient (Wildman–Crippen LogP) is -0.0230. The summed E-state index contributed by atoms with van der Waals surface area (Å²) in [6.45, 7) is 0.441. The van der Waals surface area contributed by atoms with Gasteiger partial charge in [-0.3, -0.25) is 4.98 Å². The Balaban J connectivity index is 2.80. The van der Waals surface area contributed by atoms with E-state index in [1.165, 1.54) is 0 Å². The van der Waals surface area contributed by atoms with E-state index in [1.54, 1.807) is 19.4 Å². The van der Waals surface area contributed by atoms with Crippen LogP contribution in [0.5, 0.6) is 0 Å². The molecular formula is C6H10N4. The van der Waals surface area contributed by atoms with Crippen molar-refractivity contribution in [2.24, 2.45) is 5.73 Å². The van der Waals surface area contributed by atoms with Crippen molar-refractivity contribution in [3.05, 3.63) is 18.1 Å². The molecule has 3 N–H and O–H groups in total. The summed E-state index contributed by atoms with van der Waals surface area (Å²) in [5, 5.41) is 2.86. The minimum atomic E-state index is 0.441. The average molecular weight is 138 g/mol. The van der Waals surface area contributed by atoms with E-state index in [2.05, 4.69) is 15.3 Å². The molecule has 1 aromatic heterocycles. The molecule has 1 heterocycles. The molecule has 0 unspecified atom stereocenters. The first-order valence-corrected chi connectivity index (χ1v) is 3.05. The Labute approximate surface area is 59.5 Å².